The summed E-state index contributed by atoms with van der Waals surface area (Å²) in [5.41, 5.74) is 4.24. The minimum absolute atomic E-state index is 0.138. The highest BCUT2D eigenvalue weighted by molar-refractivity contribution is 5.74. The van der Waals surface area contributed by atoms with Crippen molar-refractivity contribution in [3.8, 4) is 22.6 Å². The average molecular weight is 567 g/mol. The van der Waals surface area contributed by atoms with Crippen LogP contribution in [0.4, 0.5) is 9.59 Å². The molecule has 0 spiro atoms. The summed E-state index contributed by atoms with van der Waals surface area (Å²) in [7, 11) is 3.26. The SMILES string of the molecule is CNC(=O)N(CCOc1ccc(-c2ccc(OCCN(Cc3ccccc3)C(=O)NC)cc2)cc1)Cc1ccccc1. The van der Waals surface area contributed by atoms with Gasteiger partial charge in [-0.3, -0.25) is 0 Å². The molecule has 4 rings (SSSR count). The number of hydrogen-bond donors (Lipinski definition) is 2. The summed E-state index contributed by atoms with van der Waals surface area (Å²) < 4.78 is 11.9. The van der Waals surface area contributed by atoms with Gasteiger partial charge in [0.15, 0.2) is 0 Å². The maximum Gasteiger partial charge on any atom is 0.317 e. The summed E-state index contributed by atoms with van der Waals surface area (Å²) in [6.45, 7) is 2.73. The van der Waals surface area contributed by atoms with Gasteiger partial charge in [-0.25, -0.2) is 9.59 Å². The molecule has 4 aromatic carbocycles. The van der Waals surface area contributed by atoms with Crippen molar-refractivity contribution in [3.63, 3.8) is 0 Å². The van der Waals surface area contributed by atoms with Gasteiger partial charge in [0.1, 0.15) is 24.7 Å². The average Bonchev–Trinajstić information content (AvgIpc) is 3.04. The minimum atomic E-state index is -0.138. The normalized spacial score (nSPS) is 10.4. The zero-order chi connectivity index (χ0) is 29.6. The molecule has 0 aliphatic rings. The van der Waals surface area contributed by atoms with Crippen LogP contribution in [-0.4, -0.2) is 62.3 Å². The van der Waals surface area contributed by atoms with Gasteiger partial charge in [0.05, 0.1) is 13.1 Å². The van der Waals surface area contributed by atoms with Gasteiger partial charge in [-0.15, -0.1) is 0 Å². The van der Waals surface area contributed by atoms with Gasteiger partial charge in [0.2, 0.25) is 0 Å². The molecule has 0 aliphatic carbocycles. The third-order valence-electron chi connectivity index (χ3n) is 6.74. The molecule has 0 saturated carbocycles. The van der Waals surface area contributed by atoms with E-state index in [1.165, 1.54) is 0 Å². The first-order chi connectivity index (χ1) is 20.6. The maximum atomic E-state index is 12.3. The Hall–Kier alpha value is -4.98. The fraction of sp³-hybridized carbons (Fsp3) is 0.235. The largest absolute Gasteiger partial charge is 0.492 e. The van der Waals surface area contributed by atoms with E-state index >= 15 is 0 Å². The van der Waals surface area contributed by atoms with E-state index < -0.39 is 0 Å². The third kappa shape index (κ3) is 9.02. The molecular weight excluding hydrogens is 528 g/mol. The van der Waals surface area contributed by atoms with E-state index in [0.29, 0.717) is 39.4 Å². The summed E-state index contributed by atoms with van der Waals surface area (Å²) in [5.74, 6) is 1.48. The Bertz CT molecular complexity index is 1270. The van der Waals surface area contributed by atoms with Gasteiger partial charge in [0, 0.05) is 27.2 Å². The van der Waals surface area contributed by atoms with Crippen LogP contribution in [0.15, 0.2) is 109 Å². The molecule has 218 valence electrons. The summed E-state index contributed by atoms with van der Waals surface area (Å²) in [6, 6.07) is 35.3. The van der Waals surface area contributed by atoms with Gasteiger partial charge in [0.25, 0.3) is 0 Å². The van der Waals surface area contributed by atoms with E-state index in [4.69, 9.17) is 9.47 Å². The topological polar surface area (TPSA) is 83.1 Å². The molecular formula is C34H38N4O4. The van der Waals surface area contributed by atoms with E-state index in [1.54, 1.807) is 23.9 Å². The number of carbonyl (C=O) groups is 2. The molecule has 0 aromatic heterocycles. The molecule has 2 N–H and O–H groups in total. The minimum Gasteiger partial charge on any atom is -0.492 e. The molecule has 8 nitrogen and oxygen atoms in total. The number of carbonyl (C=O) groups excluding carboxylic acids is 2. The molecule has 8 heteroatoms. The standard InChI is InChI=1S/C34H38N4O4/c1-35-33(39)37(25-27-9-5-3-6-10-27)21-23-41-31-17-13-29(14-18-31)30-15-19-32(20-16-30)42-24-22-38(34(40)36-2)26-28-11-7-4-8-12-28/h3-20H,21-26H2,1-2H3,(H,35,39)(H,36,40). The van der Waals surface area contributed by atoms with Crippen LogP contribution in [0.3, 0.4) is 0 Å². The Balaban J connectivity index is 1.25. The first kappa shape index (κ1) is 30.0. The second kappa shape index (κ2) is 15.7. The van der Waals surface area contributed by atoms with Crippen LogP contribution in [0.5, 0.6) is 11.5 Å². The van der Waals surface area contributed by atoms with Crippen molar-refractivity contribution in [2.75, 3.05) is 40.4 Å². The fourth-order valence-electron chi connectivity index (χ4n) is 4.46. The molecule has 0 saturated heterocycles. The van der Waals surface area contributed by atoms with Crippen molar-refractivity contribution in [1.29, 1.82) is 0 Å². The zero-order valence-electron chi connectivity index (χ0n) is 24.2. The number of ether oxygens (including phenoxy) is 2. The highest BCUT2D eigenvalue weighted by Crippen LogP contribution is 2.25. The molecule has 0 atom stereocenters. The van der Waals surface area contributed by atoms with Gasteiger partial charge in [-0.05, 0) is 46.5 Å². The number of hydrogen-bond acceptors (Lipinski definition) is 4. The van der Waals surface area contributed by atoms with E-state index in [2.05, 4.69) is 10.6 Å². The molecule has 0 aliphatic heterocycles. The maximum absolute atomic E-state index is 12.3. The van der Waals surface area contributed by atoms with Crippen molar-refractivity contribution in [2.45, 2.75) is 13.1 Å². The Kier molecular flexibility index (Phi) is 11.2. The molecule has 4 amide bonds. The van der Waals surface area contributed by atoms with Crippen molar-refractivity contribution >= 4 is 12.1 Å². The lowest BCUT2D eigenvalue weighted by Crippen LogP contribution is -2.40. The summed E-state index contributed by atoms with van der Waals surface area (Å²) in [4.78, 5) is 28.1. The predicted molar refractivity (Wildman–Crippen MR) is 165 cm³/mol. The molecule has 0 radical (unpaired) electrons. The van der Waals surface area contributed by atoms with Gasteiger partial charge < -0.3 is 29.9 Å². The Morgan fingerprint density at radius 1 is 0.548 bits per heavy atom. The van der Waals surface area contributed by atoms with E-state index in [-0.39, 0.29) is 12.1 Å². The number of benzene rings is 4. The number of urea groups is 2. The molecule has 4 aromatic rings. The second-order valence-corrected chi connectivity index (χ2v) is 9.67. The van der Waals surface area contributed by atoms with Crippen LogP contribution in [-0.2, 0) is 13.1 Å². The molecule has 0 bridgehead atoms. The Labute approximate surface area is 247 Å². The second-order valence-electron chi connectivity index (χ2n) is 9.67. The van der Waals surface area contributed by atoms with Crippen molar-refractivity contribution < 1.29 is 19.1 Å². The number of nitrogens with one attached hydrogen (secondary N) is 2. The van der Waals surface area contributed by atoms with Crippen molar-refractivity contribution in [2.24, 2.45) is 0 Å². The van der Waals surface area contributed by atoms with Crippen LogP contribution in [0.25, 0.3) is 11.1 Å². The van der Waals surface area contributed by atoms with Crippen LogP contribution >= 0.6 is 0 Å². The quantitative estimate of drug-likeness (QED) is 0.215. The van der Waals surface area contributed by atoms with Crippen LogP contribution in [0.2, 0.25) is 0 Å². The lowest BCUT2D eigenvalue weighted by molar-refractivity contribution is 0.181. The van der Waals surface area contributed by atoms with Gasteiger partial charge >= 0.3 is 12.1 Å². The van der Waals surface area contributed by atoms with E-state index in [9.17, 15) is 9.59 Å². The van der Waals surface area contributed by atoms with E-state index in [0.717, 1.165) is 33.8 Å². The van der Waals surface area contributed by atoms with Crippen LogP contribution in [0.1, 0.15) is 11.1 Å². The van der Waals surface area contributed by atoms with Crippen molar-refractivity contribution in [1.82, 2.24) is 20.4 Å². The number of nitrogens with zero attached hydrogens (tertiary/aromatic N) is 2. The lowest BCUT2D eigenvalue weighted by atomic mass is 10.1. The highest BCUT2D eigenvalue weighted by atomic mass is 16.5. The molecule has 0 heterocycles. The van der Waals surface area contributed by atoms with Crippen molar-refractivity contribution in [3.05, 3.63) is 120 Å². The Morgan fingerprint density at radius 2 is 0.905 bits per heavy atom. The van der Waals surface area contributed by atoms with Gasteiger partial charge in [-0.1, -0.05) is 84.9 Å². The third-order valence-corrected chi connectivity index (χ3v) is 6.74. The molecule has 42 heavy (non-hydrogen) atoms. The predicted octanol–water partition coefficient (Wildman–Crippen LogP) is 5.79. The smallest absolute Gasteiger partial charge is 0.317 e. The number of rotatable bonds is 13. The fourth-order valence-corrected chi connectivity index (χ4v) is 4.46. The summed E-state index contributed by atoms with van der Waals surface area (Å²) in [6.07, 6.45) is 0. The van der Waals surface area contributed by atoms with Gasteiger partial charge in [-0.2, -0.15) is 0 Å². The zero-order valence-corrected chi connectivity index (χ0v) is 24.2. The van der Waals surface area contributed by atoms with E-state index in [1.807, 2.05) is 109 Å². The molecule has 0 fully saturated rings. The lowest BCUT2D eigenvalue weighted by Gasteiger charge is -2.22. The summed E-state index contributed by atoms with van der Waals surface area (Å²) >= 11 is 0. The molecule has 0 unspecified atom stereocenters. The van der Waals surface area contributed by atoms with Crippen LogP contribution < -0.4 is 20.1 Å². The monoisotopic (exact) mass is 566 g/mol. The Morgan fingerprint density at radius 3 is 1.24 bits per heavy atom. The first-order valence-electron chi connectivity index (χ1n) is 14.0. The first-order valence-corrected chi connectivity index (χ1v) is 14.0. The highest BCUT2D eigenvalue weighted by Gasteiger charge is 2.14. The number of amides is 4. The summed E-state index contributed by atoms with van der Waals surface area (Å²) in [5, 5.41) is 5.40. The van der Waals surface area contributed by atoms with Crippen LogP contribution in [0, 0.1) is 0 Å².